The number of halogens is 2. The predicted octanol–water partition coefficient (Wildman–Crippen LogP) is 3.67. The monoisotopic (exact) mass is 257 g/mol. The van der Waals surface area contributed by atoms with Crippen molar-refractivity contribution >= 4 is 0 Å². The van der Waals surface area contributed by atoms with E-state index in [4.69, 9.17) is 4.74 Å². The Balaban J connectivity index is 3.13. The van der Waals surface area contributed by atoms with E-state index in [1.165, 1.54) is 19.2 Å². The molecule has 2 nitrogen and oxygen atoms in total. The molecule has 1 aromatic rings. The van der Waals surface area contributed by atoms with Gasteiger partial charge in [-0.05, 0) is 19.4 Å². The van der Waals surface area contributed by atoms with Crippen molar-refractivity contribution in [1.29, 1.82) is 0 Å². The minimum Gasteiger partial charge on any atom is -0.497 e. The first-order chi connectivity index (χ1) is 8.54. The number of ether oxygens (including phenoxy) is 1. The molecule has 0 saturated heterocycles. The second-order valence-corrected chi connectivity index (χ2v) is 4.54. The average Bonchev–Trinajstić information content (AvgIpc) is 2.33. The molecule has 0 spiro atoms. The molecule has 0 heterocycles. The Morgan fingerprint density at radius 3 is 2.22 bits per heavy atom. The van der Waals surface area contributed by atoms with E-state index in [1.807, 2.05) is 6.92 Å². The molecule has 0 aromatic heterocycles. The van der Waals surface area contributed by atoms with Crippen LogP contribution in [0.5, 0.6) is 5.75 Å². The minimum absolute atomic E-state index is 0.0965. The van der Waals surface area contributed by atoms with Gasteiger partial charge in [0, 0.05) is 23.7 Å². The number of nitrogens with one attached hydrogen (secondary N) is 1. The van der Waals surface area contributed by atoms with Crippen LogP contribution in [-0.2, 0) is 0 Å². The standard InChI is InChI=1S/C14H21F2NO/c1-5-6-9(2)14(17-3)13-11(15)7-10(18-4)8-12(13)16/h7-9,14,17H,5-6H2,1-4H3. The summed E-state index contributed by atoms with van der Waals surface area (Å²) in [7, 11) is 3.11. The molecule has 18 heavy (non-hydrogen) atoms. The van der Waals surface area contributed by atoms with Gasteiger partial charge in [-0.1, -0.05) is 20.3 Å². The molecule has 0 radical (unpaired) electrons. The van der Waals surface area contributed by atoms with Gasteiger partial charge >= 0.3 is 0 Å². The van der Waals surface area contributed by atoms with E-state index >= 15 is 0 Å². The lowest BCUT2D eigenvalue weighted by Crippen LogP contribution is -2.25. The summed E-state index contributed by atoms with van der Waals surface area (Å²) >= 11 is 0. The summed E-state index contributed by atoms with van der Waals surface area (Å²) in [6.45, 7) is 4.05. The molecule has 0 aliphatic heterocycles. The molecule has 0 bridgehead atoms. The fourth-order valence-corrected chi connectivity index (χ4v) is 2.31. The minimum atomic E-state index is -0.561. The molecule has 2 unspecified atom stereocenters. The summed E-state index contributed by atoms with van der Waals surface area (Å²) in [4.78, 5) is 0. The van der Waals surface area contributed by atoms with Gasteiger partial charge in [0.25, 0.3) is 0 Å². The molecule has 0 saturated carbocycles. The van der Waals surface area contributed by atoms with Crippen molar-refractivity contribution in [2.75, 3.05) is 14.2 Å². The van der Waals surface area contributed by atoms with Gasteiger partial charge in [0.2, 0.25) is 0 Å². The first kappa shape index (κ1) is 14.9. The molecule has 0 fully saturated rings. The van der Waals surface area contributed by atoms with Crippen molar-refractivity contribution in [3.05, 3.63) is 29.3 Å². The molecule has 1 aromatic carbocycles. The van der Waals surface area contributed by atoms with Gasteiger partial charge in [0.05, 0.1) is 7.11 Å². The van der Waals surface area contributed by atoms with Gasteiger partial charge in [-0.2, -0.15) is 0 Å². The zero-order valence-electron chi connectivity index (χ0n) is 11.4. The summed E-state index contributed by atoms with van der Waals surface area (Å²) in [6.07, 6.45) is 1.90. The number of benzene rings is 1. The van der Waals surface area contributed by atoms with E-state index in [9.17, 15) is 8.78 Å². The highest BCUT2D eigenvalue weighted by atomic mass is 19.1. The normalized spacial score (nSPS) is 14.3. The van der Waals surface area contributed by atoms with Crippen LogP contribution >= 0.6 is 0 Å². The van der Waals surface area contributed by atoms with Crippen LogP contribution in [0.3, 0.4) is 0 Å². The predicted molar refractivity (Wildman–Crippen MR) is 68.8 cm³/mol. The van der Waals surface area contributed by atoms with E-state index < -0.39 is 11.6 Å². The Hall–Kier alpha value is -1.16. The average molecular weight is 257 g/mol. The summed E-state index contributed by atoms with van der Waals surface area (Å²) < 4.78 is 32.8. The number of hydrogen-bond donors (Lipinski definition) is 1. The second-order valence-electron chi connectivity index (χ2n) is 4.54. The van der Waals surface area contributed by atoms with Crippen LogP contribution in [0.15, 0.2) is 12.1 Å². The van der Waals surface area contributed by atoms with E-state index in [2.05, 4.69) is 12.2 Å². The van der Waals surface area contributed by atoms with Gasteiger partial charge in [-0.25, -0.2) is 8.78 Å². The molecule has 0 amide bonds. The fourth-order valence-electron chi connectivity index (χ4n) is 2.31. The van der Waals surface area contributed by atoms with Crippen molar-refractivity contribution in [2.45, 2.75) is 32.7 Å². The molecule has 0 aliphatic carbocycles. The molecular weight excluding hydrogens is 236 g/mol. The molecule has 2 atom stereocenters. The van der Waals surface area contributed by atoms with Crippen LogP contribution in [-0.4, -0.2) is 14.2 Å². The van der Waals surface area contributed by atoms with E-state index in [0.29, 0.717) is 0 Å². The third kappa shape index (κ3) is 3.19. The lowest BCUT2D eigenvalue weighted by atomic mass is 9.90. The van der Waals surface area contributed by atoms with Crippen molar-refractivity contribution < 1.29 is 13.5 Å². The molecule has 1 rings (SSSR count). The quantitative estimate of drug-likeness (QED) is 0.839. The zero-order valence-corrected chi connectivity index (χ0v) is 11.4. The Morgan fingerprint density at radius 2 is 1.83 bits per heavy atom. The Labute approximate surface area is 107 Å². The van der Waals surface area contributed by atoms with Crippen molar-refractivity contribution in [3.8, 4) is 5.75 Å². The van der Waals surface area contributed by atoms with Crippen molar-refractivity contribution in [1.82, 2.24) is 5.32 Å². The molecule has 102 valence electrons. The van der Waals surface area contributed by atoms with Crippen molar-refractivity contribution in [3.63, 3.8) is 0 Å². The van der Waals surface area contributed by atoms with Crippen molar-refractivity contribution in [2.24, 2.45) is 5.92 Å². The zero-order chi connectivity index (χ0) is 13.7. The highest BCUT2D eigenvalue weighted by Gasteiger charge is 2.24. The van der Waals surface area contributed by atoms with E-state index in [-0.39, 0.29) is 23.3 Å². The maximum atomic E-state index is 14.0. The summed E-state index contributed by atoms with van der Waals surface area (Å²) in [5.74, 6) is -0.757. The Kier molecular flexibility index (Phi) is 5.54. The van der Waals surface area contributed by atoms with E-state index in [0.717, 1.165) is 12.8 Å². The molecular formula is C14H21F2NO. The first-order valence-corrected chi connectivity index (χ1v) is 6.25. The third-order valence-corrected chi connectivity index (χ3v) is 3.22. The highest BCUT2D eigenvalue weighted by molar-refractivity contribution is 5.32. The first-order valence-electron chi connectivity index (χ1n) is 6.25. The summed E-state index contributed by atoms with van der Waals surface area (Å²) in [5.41, 5.74) is 0.0965. The maximum absolute atomic E-state index is 14.0. The van der Waals surface area contributed by atoms with Gasteiger partial charge in [-0.15, -0.1) is 0 Å². The van der Waals surface area contributed by atoms with Gasteiger partial charge in [0.1, 0.15) is 17.4 Å². The third-order valence-electron chi connectivity index (χ3n) is 3.22. The number of rotatable bonds is 6. The second kappa shape index (κ2) is 6.69. The van der Waals surface area contributed by atoms with Crippen LogP contribution in [0.1, 0.15) is 38.3 Å². The van der Waals surface area contributed by atoms with Gasteiger partial charge < -0.3 is 10.1 Å². The molecule has 1 N–H and O–H groups in total. The molecule has 4 heteroatoms. The van der Waals surface area contributed by atoms with Crippen LogP contribution in [0.2, 0.25) is 0 Å². The lowest BCUT2D eigenvalue weighted by Gasteiger charge is -2.24. The fraction of sp³-hybridized carbons (Fsp3) is 0.571. The smallest absolute Gasteiger partial charge is 0.134 e. The Bertz CT molecular complexity index is 372. The van der Waals surface area contributed by atoms with Crippen LogP contribution in [0.4, 0.5) is 8.78 Å². The van der Waals surface area contributed by atoms with Crippen LogP contribution < -0.4 is 10.1 Å². The number of hydrogen-bond acceptors (Lipinski definition) is 2. The van der Waals surface area contributed by atoms with Gasteiger partial charge in [-0.3, -0.25) is 0 Å². The van der Waals surface area contributed by atoms with E-state index in [1.54, 1.807) is 7.05 Å². The number of methoxy groups -OCH3 is 1. The van der Waals surface area contributed by atoms with Crippen LogP contribution in [0.25, 0.3) is 0 Å². The highest BCUT2D eigenvalue weighted by Crippen LogP contribution is 2.31. The SMILES string of the molecule is CCCC(C)C(NC)c1c(F)cc(OC)cc1F. The lowest BCUT2D eigenvalue weighted by molar-refractivity contribution is 0.354. The topological polar surface area (TPSA) is 21.3 Å². The maximum Gasteiger partial charge on any atom is 0.134 e. The Morgan fingerprint density at radius 1 is 1.28 bits per heavy atom. The van der Waals surface area contributed by atoms with Crippen LogP contribution in [0, 0.1) is 17.6 Å². The molecule has 0 aliphatic rings. The van der Waals surface area contributed by atoms with Gasteiger partial charge in [0.15, 0.2) is 0 Å². The summed E-state index contributed by atoms with van der Waals surface area (Å²) in [5, 5.41) is 3.00. The largest absolute Gasteiger partial charge is 0.497 e. The summed E-state index contributed by atoms with van der Waals surface area (Å²) in [6, 6.07) is 2.12.